The molecule has 1 N–H and O–H groups in total. The van der Waals surface area contributed by atoms with Crippen LogP contribution in [0, 0.1) is 5.82 Å². The Hall–Kier alpha value is -3.51. The number of anilines is 1. The second-order valence-electron chi connectivity index (χ2n) is 8.29. The van der Waals surface area contributed by atoms with Crippen LogP contribution in [0.25, 0.3) is 0 Å². The molecule has 0 unspecified atom stereocenters. The number of aliphatic hydroxyl groups excluding tert-OH is 1. The molecule has 3 aromatic rings. The van der Waals surface area contributed by atoms with Crippen LogP contribution in [-0.2, 0) is 11.2 Å². The number of nitrogens with zero attached hydrogens (tertiary/aromatic N) is 2. The molecular weight excluding hydrogens is 407 g/mol. The van der Waals surface area contributed by atoms with E-state index in [9.17, 15) is 19.1 Å². The first-order valence-electron chi connectivity index (χ1n) is 10.7. The molecule has 2 heterocycles. The Morgan fingerprint density at radius 1 is 0.969 bits per heavy atom. The summed E-state index contributed by atoms with van der Waals surface area (Å²) in [6.45, 7) is 0.138. The van der Waals surface area contributed by atoms with E-state index in [2.05, 4.69) is 0 Å². The molecule has 32 heavy (non-hydrogen) atoms. The van der Waals surface area contributed by atoms with Crippen LogP contribution in [0.5, 0.6) is 0 Å². The first-order valence-corrected chi connectivity index (χ1v) is 10.7. The molecule has 2 aliphatic heterocycles. The van der Waals surface area contributed by atoms with Crippen molar-refractivity contribution in [2.24, 2.45) is 0 Å². The summed E-state index contributed by atoms with van der Waals surface area (Å²) in [6.07, 6.45) is 0.258. The van der Waals surface area contributed by atoms with Crippen molar-refractivity contribution in [3.05, 3.63) is 101 Å². The molecule has 5 nitrogen and oxygen atoms in total. The highest BCUT2D eigenvalue weighted by Gasteiger charge is 2.55. The quantitative estimate of drug-likeness (QED) is 0.690. The zero-order valence-corrected chi connectivity index (χ0v) is 17.4. The molecule has 3 atom stereocenters. The van der Waals surface area contributed by atoms with Gasteiger partial charge in [0.25, 0.3) is 5.91 Å². The number of carbonyl (C=O) groups is 2. The second kappa shape index (κ2) is 8.20. The molecule has 0 radical (unpaired) electrons. The minimum Gasteiger partial charge on any atom is -0.394 e. The van der Waals surface area contributed by atoms with Crippen LogP contribution in [0.3, 0.4) is 0 Å². The van der Waals surface area contributed by atoms with E-state index >= 15 is 0 Å². The van der Waals surface area contributed by atoms with Gasteiger partial charge < -0.3 is 14.9 Å². The molecule has 0 aliphatic carbocycles. The SMILES string of the molecule is O=C(Cc1ccccc1)N1C[C@H]2[C@@H](c3ccccc31)[C@@H](CO)N2C(=O)c1cccc(F)c1. The standard InChI is InChI=1S/C26H23FN2O3/c27-19-10-6-9-18(14-19)26(32)29-22-15-28(24(31)13-17-7-2-1-3-8-17)21-12-5-4-11-20(21)25(22)23(29)16-30/h1-12,14,22-23,25,30H,13,15-16H2/t22-,23+,25+/m0/s1. The van der Waals surface area contributed by atoms with Crippen molar-refractivity contribution in [2.45, 2.75) is 24.4 Å². The van der Waals surface area contributed by atoms with Gasteiger partial charge in [-0.2, -0.15) is 0 Å². The van der Waals surface area contributed by atoms with Gasteiger partial charge >= 0.3 is 0 Å². The molecule has 162 valence electrons. The largest absolute Gasteiger partial charge is 0.394 e. The Kier molecular flexibility index (Phi) is 5.23. The van der Waals surface area contributed by atoms with Gasteiger partial charge in [0.1, 0.15) is 5.82 Å². The van der Waals surface area contributed by atoms with Gasteiger partial charge in [0, 0.05) is 23.7 Å². The number of benzene rings is 3. The maximum absolute atomic E-state index is 13.7. The van der Waals surface area contributed by atoms with E-state index in [-0.39, 0.29) is 42.4 Å². The fourth-order valence-electron chi connectivity index (χ4n) is 5.04. The van der Waals surface area contributed by atoms with Gasteiger partial charge in [-0.1, -0.05) is 54.6 Å². The third-order valence-corrected chi connectivity index (χ3v) is 6.49. The highest BCUT2D eigenvalue weighted by molar-refractivity contribution is 5.99. The second-order valence-corrected chi connectivity index (χ2v) is 8.29. The highest BCUT2D eigenvalue weighted by atomic mass is 19.1. The highest BCUT2D eigenvalue weighted by Crippen LogP contribution is 2.48. The van der Waals surface area contributed by atoms with Gasteiger partial charge in [-0.3, -0.25) is 9.59 Å². The lowest BCUT2D eigenvalue weighted by atomic mass is 9.71. The third-order valence-electron chi connectivity index (χ3n) is 6.49. The number of fused-ring (bicyclic) bond motifs is 3. The summed E-state index contributed by atoms with van der Waals surface area (Å²) in [5.41, 5.74) is 2.94. The summed E-state index contributed by atoms with van der Waals surface area (Å²) in [7, 11) is 0. The number of likely N-dealkylation sites (tertiary alicyclic amines) is 1. The van der Waals surface area contributed by atoms with Gasteiger partial charge in [-0.15, -0.1) is 0 Å². The van der Waals surface area contributed by atoms with Crippen LogP contribution in [-0.4, -0.2) is 47.1 Å². The van der Waals surface area contributed by atoms with Crippen molar-refractivity contribution < 1.29 is 19.1 Å². The fraction of sp³-hybridized carbons (Fsp3) is 0.231. The summed E-state index contributed by atoms with van der Waals surface area (Å²) in [6, 6.07) is 22.1. The van der Waals surface area contributed by atoms with Gasteiger partial charge in [0.15, 0.2) is 0 Å². The molecule has 5 rings (SSSR count). The van der Waals surface area contributed by atoms with Crippen LogP contribution < -0.4 is 4.90 Å². The first-order chi connectivity index (χ1) is 15.6. The van der Waals surface area contributed by atoms with Crippen molar-refractivity contribution >= 4 is 17.5 Å². The zero-order valence-electron chi connectivity index (χ0n) is 17.4. The molecule has 0 bridgehead atoms. The van der Waals surface area contributed by atoms with E-state index in [0.29, 0.717) is 6.54 Å². The van der Waals surface area contributed by atoms with Gasteiger partial charge in [-0.25, -0.2) is 4.39 Å². The first kappa shape index (κ1) is 20.4. The number of hydrogen-bond acceptors (Lipinski definition) is 3. The van der Waals surface area contributed by atoms with E-state index in [1.165, 1.54) is 18.2 Å². The number of amides is 2. The van der Waals surface area contributed by atoms with Crippen LogP contribution in [0.4, 0.5) is 10.1 Å². The van der Waals surface area contributed by atoms with E-state index in [1.807, 2.05) is 54.6 Å². The molecule has 2 aliphatic rings. The van der Waals surface area contributed by atoms with Crippen LogP contribution in [0.15, 0.2) is 78.9 Å². The van der Waals surface area contributed by atoms with E-state index < -0.39 is 11.9 Å². The Morgan fingerprint density at radius 2 is 1.72 bits per heavy atom. The molecule has 1 fully saturated rings. The van der Waals surface area contributed by atoms with Crippen molar-refractivity contribution in [1.29, 1.82) is 0 Å². The van der Waals surface area contributed by atoms with Crippen molar-refractivity contribution in [2.75, 3.05) is 18.1 Å². The topological polar surface area (TPSA) is 60.9 Å². The Morgan fingerprint density at radius 3 is 2.47 bits per heavy atom. The normalized spacial score (nSPS) is 21.4. The molecule has 2 amide bonds. The monoisotopic (exact) mass is 430 g/mol. The zero-order chi connectivity index (χ0) is 22.2. The van der Waals surface area contributed by atoms with Crippen LogP contribution >= 0.6 is 0 Å². The molecule has 0 spiro atoms. The summed E-state index contributed by atoms with van der Waals surface area (Å²) >= 11 is 0. The lowest BCUT2D eigenvalue weighted by Crippen LogP contribution is -2.70. The molecule has 0 saturated carbocycles. The Bertz CT molecular complexity index is 1170. The summed E-state index contributed by atoms with van der Waals surface area (Å²) in [5, 5.41) is 10.1. The number of carbonyl (C=O) groups excluding carboxylic acids is 2. The van der Waals surface area contributed by atoms with Crippen molar-refractivity contribution in [3.8, 4) is 0 Å². The van der Waals surface area contributed by atoms with Gasteiger partial charge in [0.05, 0.1) is 25.1 Å². The summed E-state index contributed by atoms with van der Waals surface area (Å²) in [4.78, 5) is 29.8. The average molecular weight is 430 g/mol. The number of para-hydroxylation sites is 1. The third kappa shape index (κ3) is 3.37. The minimum absolute atomic E-state index is 0.0484. The van der Waals surface area contributed by atoms with Gasteiger partial charge in [0.2, 0.25) is 5.91 Å². The van der Waals surface area contributed by atoms with Crippen molar-refractivity contribution in [1.82, 2.24) is 4.90 Å². The van der Waals surface area contributed by atoms with E-state index in [4.69, 9.17) is 0 Å². The van der Waals surface area contributed by atoms with E-state index in [0.717, 1.165) is 16.8 Å². The maximum Gasteiger partial charge on any atom is 0.254 e. The number of aliphatic hydroxyl groups is 1. The fourth-order valence-corrected chi connectivity index (χ4v) is 5.04. The minimum atomic E-state index is -0.484. The number of hydrogen-bond donors (Lipinski definition) is 1. The van der Waals surface area contributed by atoms with E-state index in [1.54, 1.807) is 15.9 Å². The van der Waals surface area contributed by atoms with Crippen molar-refractivity contribution in [3.63, 3.8) is 0 Å². The Balaban J connectivity index is 1.48. The molecular formula is C26H23FN2O3. The molecule has 1 saturated heterocycles. The number of rotatable bonds is 4. The number of halogens is 1. The molecule has 3 aromatic carbocycles. The lowest BCUT2D eigenvalue weighted by Gasteiger charge is -2.59. The molecule has 6 heteroatoms. The predicted molar refractivity (Wildman–Crippen MR) is 119 cm³/mol. The van der Waals surface area contributed by atoms with Crippen LogP contribution in [0.1, 0.15) is 27.4 Å². The van der Waals surface area contributed by atoms with Crippen LogP contribution in [0.2, 0.25) is 0 Å². The van der Waals surface area contributed by atoms with Gasteiger partial charge in [-0.05, 0) is 35.4 Å². The lowest BCUT2D eigenvalue weighted by molar-refractivity contribution is -0.119. The predicted octanol–water partition coefficient (Wildman–Crippen LogP) is 3.38. The summed E-state index contributed by atoms with van der Waals surface area (Å²) in [5.74, 6) is -0.941. The Labute approximate surface area is 185 Å². The maximum atomic E-state index is 13.7. The smallest absolute Gasteiger partial charge is 0.254 e. The molecule has 0 aromatic heterocycles. The average Bonchev–Trinajstić information content (AvgIpc) is 2.80. The summed E-state index contributed by atoms with van der Waals surface area (Å²) < 4.78 is 13.7.